The molecule has 26 heavy (non-hydrogen) atoms. The Morgan fingerprint density at radius 2 is 1.85 bits per heavy atom. The predicted octanol–water partition coefficient (Wildman–Crippen LogP) is 2.86. The number of aryl methyl sites for hydroxylation is 1. The van der Waals surface area contributed by atoms with E-state index in [1.807, 2.05) is 12.1 Å². The van der Waals surface area contributed by atoms with Crippen LogP contribution in [-0.2, 0) is 13.1 Å². The fourth-order valence-electron chi connectivity index (χ4n) is 2.38. The summed E-state index contributed by atoms with van der Waals surface area (Å²) in [7, 11) is 0. The predicted molar refractivity (Wildman–Crippen MR) is 95.9 cm³/mol. The maximum Gasteiger partial charge on any atom is 0.270 e. The number of carbonyl (C=O) groups is 1. The van der Waals surface area contributed by atoms with Gasteiger partial charge in [0.25, 0.3) is 5.91 Å². The number of nitrogens with one attached hydrogen (secondary N) is 2. The molecule has 2 aromatic heterocycles. The zero-order chi connectivity index (χ0) is 18.4. The Hall–Kier alpha value is -3.35. The van der Waals surface area contributed by atoms with Crippen molar-refractivity contribution in [2.45, 2.75) is 20.0 Å². The van der Waals surface area contributed by atoms with Crippen molar-refractivity contribution in [3.8, 4) is 0 Å². The van der Waals surface area contributed by atoms with Gasteiger partial charge < -0.3 is 10.6 Å². The van der Waals surface area contributed by atoms with Gasteiger partial charge in [-0.05, 0) is 30.7 Å². The number of anilines is 1. The summed E-state index contributed by atoms with van der Waals surface area (Å²) in [6.07, 6.45) is 3.34. The average molecular weight is 351 g/mol. The highest BCUT2D eigenvalue weighted by molar-refractivity contribution is 5.92. The van der Waals surface area contributed by atoms with E-state index < -0.39 is 0 Å². The van der Waals surface area contributed by atoms with Crippen molar-refractivity contribution in [3.05, 3.63) is 83.3 Å². The second-order valence-corrected chi connectivity index (χ2v) is 5.67. The number of pyridine rings is 1. The van der Waals surface area contributed by atoms with E-state index in [-0.39, 0.29) is 24.0 Å². The van der Waals surface area contributed by atoms with E-state index in [1.165, 1.54) is 6.07 Å². The highest BCUT2D eigenvalue weighted by Gasteiger charge is 2.11. The molecular formula is C19H18FN5O. The summed E-state index contributed by atoms with van der Waals surface area (Å²) in [4.78, 5) is 24.7. The van der Waals surface area contributed by atoms with E-state index in [4.69, 9.17) is 0 Å². The minimum Gasteiger partial charge on any atom is -0.366 e. The molecule has 6 nitrogen and oxygen atoms in total. The number of nitrogens with zero attached hydrogens (tertiary/aromatic N) is 3. The molecule has 0 saturated carbocycles. The minimum absolute atomic E-state index is 0.252. The third-order valence-electron chi connectivity index (χ3n) is 3.69. The normalized spacial score (nSPS) is 10.4. The lowest BCUT2D eigenvalue weighted by Gasteiger charge is -2.10. The molecule has 0 unspecified atom stereocenters. The van der Waals surface area contributed by atoms with E-state index in [9.17, 15) is 9.18 Å². The van der Waals surface area contributed by atoms with E-state index >= 15 is 0 Å². The third kappa shape index (κ3) is 4.60. The summed E-state index contributed by atoms with van der Waals surface area (Å²) in [5.41, 5.74) is 1.71. The first-order valence-corrected chi connectivity index (χ1v) is 8.12. The number of amides is 1. The SMILES string of the molecule is Cc1nc(NCc2ccccc2F)cc(C(=O)NCc2ccncc2)n1. The highest BCUT2D eigenvalue weighted by atomic mass is 19.1. The smallest absolute Gasteiger partial charge is 0.270 e. The molecule has 3 aromatic rings. The molecule has 0 saturated heterocycles. The van der Waals surface area contributed by atoms with Gasteiger partial charge in [0.1, 0.15) is 23.2 Å². The van der Waals surface area contributed by atoms with E-state index in [0.717, 1.165) is 5.56 Å². The molecule has 1 aromatic carbocycles. The van der Waals surface area contributed by atoms with Gasteiger partial charge in [0.05, 0.1) is 0 Å². The monoisotopic (exact) mass is 351 g/mol. The molecule has 2 heterocycles. The van der Waals surface area contributed by atoms with Gasteiger partial charge in [-0.2, -0.15) is 0 Å². The molecule has 0 fully saturated rings. The van der Waals surface area contributed by atoms with Crippen molar-refractivity contribution < 1.29 is 9.18 Å². The summed E-state index contributed by atoms with van der Waals surface area (Å²) >= 11 is 0. The van der Waals surface area contributed by atoms with Crippen LogP contribution in [0.25, 0.3) is 0 Å². The van der Waals surface area contributed by atoms with Crippen LogP contribution in [0.2, 0.25) is 0 Å². The zero-order valence-electron chi connectivity index (χ0n) is 14.2. The Labute approximate surface area is 150 Å². The van der Waals surface area contributed by atoms with Crippen molar-refractivity contribution in [2.75, 3.05) is 5.32 Å². The Bertz CT molecular complexity index is 901. The van der Waals surface area contributed by atoms with Gasteiger partial charge >= 0.3 is 0 Å². The van der Waals surface area contributed by atoms with Crippen molar-refractivity contribution in [3.63, 3.8) is 0 Å². The van der Waals surface area contributed by atoms with Crippen LogP contribution in [0, 0.1) is 12.7 Å². The van der Waals surface area contributed by atoms with E-state index in [2.05, 4.69) is 25.6 Å². The second kappa shape index (κ2) is 8.15. The first-order valence-electron chi connectivity index (χ1n) is 8.12. The zero-order valence-corrected chi connectivity index (χ0v) is 14.2. The Morgan fingerprint density at radius 3 is 2.62 bits per heavy atom. The molecule has 0 radical (unpaired) electrons. The minimum atomic E-state index is -0.304. The summed E-state index contributed by atoms with van der Waals surface area (Å²) in [6.45, 7) is 2.34. The van der Waals surface area contributed by atoms with Gasteiger partial charge in [-0.15, -0.1) is 0 Å². The van der Waals surface area contributed by atoms with Crippen LogP contribution in [0.3, 0.4) is 0 Å². The van der Waals surface area contributed by atoms with Crippen LogP contribution in [0.15, 0.2) is 54.9 Å². The van der Waals surface area contributed by atoms with Gasteiger partial charge in [-0.25, -0.2) is 14.4 Å². The molecule has 0 aliphatic rings. The molecule has 2 N–H and O–H groups in total. The highest BCUT2D eigenvalue weighted by Crippen LogP contribution is 2.11. The number of carbonyl (C=O) groups excluding carboxylic acids is 1. The van der Waals surface area contributed by atoms with Gasteiger partial charge in [0.2, 0.25) is 0 Å². The largest absolute Gasteiger partial charge is 0.366 e. The Morgan fingerprint density at radius 1 is 1.08 bits per heavy atom. The first kappa shape index (κ1) is 17.5. The number of benzene rings is 1. The standard InChI is InChI=1S/C19H18FN5O/c1-13-24-17(19(26)23-11-14-6-8-21-9-7-14)10-18(25-13)22-12-15-4-2-3-5-16(15)20/h2-10H,11-12H2,1H3,(H,23,26)(H,22,24,25). The maximum absolute atomic E-state index is 13.7. The van der Waals surface area contributed by atoms with Crippen molar-refractivity contribution in [1.82, 2.24) is 20.3 Å². The van der Waals surface area contributed by atoms with E-state index in [0.29, 0.717) is 23.8 Å². The van der Waals surface area contributed by atoms with Gasteiger partial charge in [-0.3, -0.25) is 9.78 Å². The number of rotatable bonds is 6. The van der Waals surface area contributed by atoms with Crippen molar-refractivity contribution in [2.24, 2.45) is 0 Å². The molecule has 3 rings (SSSR count). The summed E-state index contributed by atoms with van der Waals surface area (Å²) in [5.74, 6) is 0.328. The molecule has 0 bridgehead atoms. The topological polar surface area (TPSA) is 79.8 Å². The van der Waals surface area contributed by atoms with Crippen LogP contribution in [0.1, 0.15) is 27.4 Å². The quantitative estimate of drug-likeness (QED) is 0.714. The summed E-state index contributed by atoms with van der Waals surface area (Å²) in [6, 6.07) is 11.7. The second-order valence-electron chi connectivity index (χ2n) is 5.67. The van der Waals surface area contributed by atoms with Crippen molar-refractivity contribution >= 4 is 11.7 Å². The Kier molecular flexibility index (Phi) is 5.48. The van der Waals surface area contributed by atoms with Crippen LogP contribution in [0.5, 0.6) is 0 Å². The molecule has 0 aliphatic carbocycles. The first-order chi connectivity index (χ1) is 12.6. The third-order valence-corrected chi connectivity index (χ3v) is 3.69. The van der Waals surface area contributed by atoms with Crippen molar-refractivity contribution in [1.29, 1.82) is 0 Å². The van der Waals surface area contributed by atoms with Crippen LogP contribution in [-0.4, -0.2) is 20.9 Å². The molecule has 132 valence electrons. The van der Waals surface area contributed by atoms with Gasteiger partial charge in [0, 0.05) is 37.1 Å². The van der Waals surface area contributed by atoms with E-state index in [1.54, 1.807) is 43.6 Å². The van der Waals surface area contributed by atoms with Crippen LogP contribution in [0.4, 0.5) is 10.2 Å². The fraction of sp³-hybridized carbons (Fsp3) is 0.158. The van der Waals surface area contributed by atoms with Gasteiger partial charge in [-0.1, -0.05) is 18.2 Å². The maximum atomic E-state index is 13.7. The lowest BCUT2D eigenvalue weighted by atomic mass is 10.2. The molecule has 0 aliphatic heterocycles. The summed E-state index contributed by atoms with van der Waals surface area (Å²) < 4.78 is 13.7. The molecular weight excluding hydrogens is 333 g/mol. The van der Waals surface area contributed by atoms with Crippen LogP contribution >= 0.6 is 0 Å². The summed E-state index contributed by atoms with van der Waals surface area (Å²) in [5, 5.41) is 5.84. The molecule has 0 spiro atoms. The number of aromatic nitrogens is 3. The number of halogens is 1. The van der Waals surface area contributed by atoms with Crippen LogP contribution < -0.4 is 10.6 Å². The van der Waals surface area contributed by atoms with Gasteiger partial charge in [0.15, 0.2) is 0 Å². The average Bonchev–Trinajstić information content (AvgIpc) is 2.66. The number of hydrogen-bond acceptors (Lipinski definition) is 5. The fourth-order valence-corrected chi connectivity index (χ4v) is 2.38. The number of hydrogen-bond donors (Lipinski definition) is 2. The molecule has 0 atom stereocenters. The Balaban J connectivity index is 1.67. The molecule has 7 heteroatoms. The lowest BCUT2D eigenvalue weighted by molar-refractivity contribution is 0.0945. The molecule has 1 amide bonds. The lowest BCUT2D eigenvalue weighted by Crippen LogP contribution is -2.24.